The third-order valence-electron chi connectivity index (χ3n) is 2.79. The van der Waals surface area contributed by atoms with Crippen molar-refractivity contribution in [2.24, 2.45) is 5.73 Å². The highest BCUT2D eigenvalue weighted by molar-refractivity contribution is 5.80. The molecule has 0 aromatic carbocycles. The average Bonchev–Trinajstić information content (AvgIpc) is 2.34. The van der Waals surface area contributed by atoms with Gasteiger partial charge in [0.2, 0.25) is 5.91 Å². The Morgan fingerprint density at radius 1 is 1.58 bits per heavy atom. The van der Waals surface area contributed by atoms with Crippen molar-refractivity contribution >= 4 is 5.91 Å². The number of hydrogen-bond acceptors (Lipinski definition) is 2. The predicted molar refractivity (Wildman–Crippen MR) is 48.7 cm³/mol. The Bertz CT molecular complexity index is 170. The van der Waals surface area contributed by atoms with Gasteiger partial charge in [0.1, 0.15) is 0 Å². The normalized spacial score (nSPS) is 30.8. The Morgan fingerprint density at radius 2 is 2.25 bits per heavy atom. The maximum absolute atomic E-state index is 10.9. The fraction of sp³-hybridized carbons (Fsp3) is 0.889. The molecule has 0 radical (unpaired) electrons. The van der Waals surface area contributed by atoms with E-state index in [-0.39, 0.29) is 11.9 Å². The number of nitrogens with two attached hydrogens (primary N) is 1. The number of primary amides is 1. The maximum atomic E-state index is 10.9. The summed E-state index contributed by atoms with van der Waals surface area (Å²) >= 11 is 0. The van der Waals surface area contributed by atoms with Gasteiger partial charge >= 0.3 is 0 Å². The van der Waals surface area contributed by atoms with E-state index in [2.05, 4.69) is 11.8 Å². The molecule has 0 spiro atoms. The second-order valence-corrected chi connectivity index (χ2v) is 3.60. The van der Waals surface area contributed by atoms with Crippen molar-refractivity contribution < 1.29 is 4.79 Å². The summed E-state index contributed by atoms with van der Waals surface area (Å²) in [5.74, 6) is -0.170. The van der Waals surface area contributed by atoms with Gasteiger partial charge in [-0.2, -0.15) is 0 Å². The smallest absolute Gasteiger partial charge is 0.234 e. The first kappa shape index (κ1) is 9.52. The number of carbonyl (C=O) groups is 1. The lowest BCUT2D eigenvalue weighted by Gasteiger charge is -2.23. The Balaban J connectivity index is 2.48. The lowest BCUT2D eigenvalue weighted by molar-refractivity contribution is -0.122. The minimum absolute atomic E-state index is 0.0125. The lowest BCUT2D eigenvalue weighted by Crippen LogP contribution is -2.41. The summed E-state index contributed by atoms with van der Waals surface area (Å²) in [7, 11) is 2.00. The molecule has 3 nitrogen and oxygen atoms in total. The zero-order valence-corrected chi connectivity index (χ0v) is 7.92. The molecule has 0 saturated carbocycles. The predicted octanol–water partition coefficient (Wildman–Crippen LogP) is 0.735. The van der Waals surface area contributed by atoms with Crippen LogP contribution in [0.15, 0.2) is 0 Å². The molecule has 1 rings (SSSR count). The first-order chi connectivity index (χ1) is 5.66. The van der Waals surface area contributed by atoms with E-state index in [1.54, 1.807) is 0 Å². The number of likely N-dealkylation sites (tertiary alicyclic amines) is 1. The minimum Gasteiger partial charge on any atom is -0.368 e. The zero-order valence-electron chi connectivity index (χ0n) is 7.92. The van der Waals surface area contributed by atoms with Crippen LogP contribution >= 0.6 is 0 Å². The summed E-state index contributed by atoms with van der Waals surface area (Å²) < 4.78 is 0. The Kier molecular flexibility index (Phi) is 3.09. The van der Waals surface area contributed by atoms with Gasteiger partial charge < -0.3 is 5.73 Å². The van der Waals surface area contributed by atoms with Gasteiger partial charge in [0.25, 0.3) is 0 Å². The largest absolute Gasteiger partial charge is 0.368 e. The SMILES string of the molecule is CCCC1CCC(C(N)=O)N1C. The summed E-state index contributed by atoms with van der Waals surface area (Å²) in [6.07, 6.45) is 4.43. The monoisotopic (exact) mass is 170 g/mol. The van der Waals surface area contributed by atoms with E-state index in [4.69, 9.17) is 5.73 Å². The van der Waals surface area contributed by atoms with Crippen molar-refractivity contribution in [3.8, 4) is 0 Å². The van der Waals surface area contributed by atoms with Crippen LogP contribution in [0.1, 0.15) is 32.6 Å². The van der Waals surface area contributed by atoms with E-state index in [1.165, 1.54) is 12.8 Å². The van der Waals surface area contributed by atoms with Crippen LogP contribution in [0.25, 0.3) is 0 Å². The number of carbonyl (C=O) groups excluding carboxylic acids is 1. The van der Waals surface area contributed by atoms with Gasteiger partial charge in [-0.1, -0.05) is 13.3 Å². The molecular weight excluding hydrogens is 152 g/mol. The molecule has 1 fully saturated rings. The van der Waals surface area contributed by atoms with E-state index in [9.17, 15) is 4.79 Å². The standard InChI is InChI=1S/C9H18N2O/c1-3-4-7-5-6-8(9(10)12)11(7)2/h7-8H,3-6H2,1-2H3,(H2,10,12). The van der Waals surface area contributed by atoms with E-state index < -0.39 is 0 Å². The second-order valence-electron chi connectivity index (χ2n) is 3.60. The van der Waals surface area contributed by atoms with Crippen LogP contribution in [0.2, 0.25) is 0 Å². The van der Waals surface area contributed by atoms with Crippen LogP contribution in [-0.2, 0) is 4.79 Å². The number of hydrogen-bond donors (Lipinski definition) is 1. The molecule has 2 unspecified atom stereocenters. The van der Waals surface area contributed by atoms with Gasteiger partial charge in [0, 0.05) is 6.04 Å². The molecule has 70 valence electrons. The summed E-state index contributed by atoms with van der Waals surface area (Å²) in [6, 6.07) is 0.564. The van der Waals surface area contributed by atoms with Gasteiger partial charge in [0.05, 0.1) is 6.04 Å². The molecule has 0 bridgehead atoms. The Hall–Kier alpha value is -0.570. The summed E-state index contributed by atoms with van der Waals surface area (Å²) in [5.41, 5.74) is 5.27. The Labute approximate surface area is 73.9 Å². The highest BCUT2D eigenvalue weighted by Crippen LogP contribution is 2.24. The van der Waals surface area contributed by atoms with Crippen molar-refractivity contribution in [1.82, 2.24) is 4.90 Å². The maximum Gasteiger partial charge on any atom is 0.234 e. The van der Waals surface area contributed by atoms with Gasteiger partial charge in [-0.05, 0) is 26.3 Å². The topological polar surface area (TPSA) is 46.3 Å². The van der Waals surface area contributed by atoms with Crippen molar-refractivity contribution in [3.05, 3.63) is 0 Å². The molecule has 1 aliphatic rings. The van der Waals surface area contributed by atoms with Crippen molar-refractivity contribution in [3.63, 3.8) is 0 Å². The summed E-state index contributed by atoms with van der Waals surface area (Å²) in [5, 5.41) is 0. The van der Waals surface area contributed by atoms with E-state index >= 15 is 0 Å². The molecule has 1 aliphatic heterocycles. The first-order valence-corrected chi connectivity index (χ1v) is 4.68. The number of amides is 1. The fourth-order valence-electron chi connectivity index (χ4n) is 2.04. The Morgan fingerprint density at radius 3 is 2.67 bits per heavy atom. The molecular formula is C9H18N2O. The average molecular weight is 170 g/mol. The van der Waals surface area contributed by atoms with Gasteiger partial charge in [-0.15, -0.1) is 0 Å². The van der Waals surface area contributed by atoms with Crippen LogP contribution in [0.3, 0.4) is 0 Å². The molecule has 3 heteroatoms. The molecule has 1 amide bonds. The van der Waals surface area contributed by atoms with E-state index in [0.717, 1.165) is 12.8 Å². The third kappa shape index (κ3) is 1.78. The fourth-order valence-corrected chi connectivity index (χ4v) is 2.04. The van der Waals surface area contributed by atoms with Gasteiger partial charge in [0.15, 0.2) is 0 Å². The quantitative estimate of drug-likeness (QED) is 0.679. The highest BCUT2D eigenvalue weighted by Gasteiger charge is 2.32. The molecule has 0 aromatic heterocycles. The molecule has 0 aromatic rings. The molecule has 2 atom stereocenters. The molecule has 0 aliphatic carbocycles. The molecule has 1 saturated heterocycles. The van der Waals surface area contributed by atoms with Crippen LogP contribution in [0, 0.1) is 0 Å². The van der Waals surface area contributed by atoms with Gasteiger partial charge in [-0.25, -0.2) is 0 Å². The van der Waals surface area contributed by atoms with E-state index in [0.29, 0.717) is 6.04 Å². The van der Waals surface area contributed by atoms with Crippen LogP contribution in [0.5, 0.6) is 0 Å². The zero-order chi connectivity index (χ0) is 9.14. The molecule has 12 heavy (non-hydrogen) atoms. The number of nitrogens with zero attached hydrogens (tertiary/aromatic N) is 1. The molecule has 1 heterocycles. The van der Waals surface area contributed by atoms with Crippen molar-refractivity contribution in [1.29, 1.82) is 0 Å². The van der Waals surface area contributed by atoms with Crippen LogP contribution in [0.4, 0.5) is 0 Å². The molecule has 2 N–H and O–H groups in total. The summed E-state index contributed by atoms with van der Waals surface area (Å²) in [6.45, 7) is 2.17. The highest BCUT2D eigenvalue weighted by atomic mass is 16.1. The first-order valence-electron chi connectivity index (χ1n) is 4.68. The van der Waals surface area contributed by atoms with Crippen LogP contribution < -0.4 is 5.73 Å². The lowest BCUT2D eigenvalue weighted by atomic mass is 10.1. The van der Waals surface area contributed by atoms with Crippen molar-refractivity contribution in [2.75, 3.05) is 7.05 Å². The second kappa shape index (κ2) is 3.90. The summed E-state index contributed by atoms with van der Waals surface area (Å²) in [4.78, 5) is 13.1. The number of rotatable bonds is 3. The van der Waals surface area contributed by atoms with Crippen molar-refractivity contribution in [2.45, 2.75) is 44.7 Å². The third-order valence-corrected chi connectivity index (χ3v) is 2.79. The van der Waals surface area contributed by atoms with E-state index in [1.807, 2.05) is 7.05 Å². The van der Waals surface area contributed by atoms with Gasteiger partial charge in [-0.3, -0.25) is 9.69 Å². The minimum atomic E-state index is -0.170. The number of likely N-dealkylation sites (N-methyl/N-ethyl adjacent to an activating group) is 1. The van der Waals surface area contributed by atoms with Crippen LogP contribution in [-0.4, -0.2) is 29.9 Å².